The van der Waals surface area contributed by atoms with E-state index in [2.05, 4.69) is 11.9 Å². The molecule has 1 aromatic carbocycles. The van der Waals surface area contributed by atoms with Gasteiger partial charge in [0.15, 0.2) is 0 Å². The van der Waals surface area contributed by atoms with Gasteiger partial charge in [-0.3, -0.25) is 10.1 Å². The lowest BCUT2D eigenvalue weighted by Gasteiger charge is -2.14. The van der Waals surface area contributed by atoms with Gasteiger partial charge in [0.2, 0.25) is 0 Å². The van der Waals surface area contributed by atoms with E-state index in [-0.39, 0.29) is 22.8 Å². The first kappa shape index (κ1) is 14.0. The minimum Gasteiger partial charge on any atom is -0.480 e. The number of nitrogens with one attached hydrogen (secondary N) is 1. The Hall–Kier alpha value is -2.08. The zero-order chi connectivity index (χ0) is 13.7. The van der Waals surface area contributed by atoms with Gasteiger partial charge in [-0.05, 0) is 18.6 Å². The van der Waals surface area contributed by atoms with E-state index in [1.165, 1.54) is 24.3 Å². The Labute approximate surface area is 108 Å². The van der Waals surface area contributed by atoms with Gasteiger partial charge in [-0.1, -0.05) is 17.7 Å². The van der Waals surface area contributed by atoms with Crippen molar-refractivity contribution >= 4 is 28.9 Å². The van der Waals surface area contributed by atoms with Gasteiger partial charge >= 0.3 is 5.97 Å². The Balaban J connectivity index is 3.07. The summed E-state index contributed by atoms with van der Waals surface area (Å²) in [6.07, 6.45) is 1.56. The number of rotatable bonds is 6. The fraction of sp³-hybridized carbons (Fsp3) is 0.182. The molecule has 0 aliphatic rings. The van der Waals surface area contributed by atoms with Crippen molar-refractivity contribution in [2.24, 2.45) is 0 Å². The lowest BCUT2D eigenvalue weighted by Crippen LogP contribution is -2.28. The molecule has 0 aliphatic carbocycles. The highest BCUT2D eigenvalue weighted by Crippen LogP contribution is 2.28. The first-order valence-electron chi connectivity index (χ1n) is 5.00. The van der Waals surface area contributed by atoms with Crippen molar-refractivity contribution in [3.63, 3.8) is 0 Å². The summed E-state index contributed by atoms with van der Waals surface area (Å²) in [6.45, 7) is 3.44. The standard InChI is InChI=1S/C11H11ClN2O4/c1-2-3-8(11(15)16)13-9-6-7(12)4-5-10(9)14(17)18/h2,4-6,8,13H,1,3H2,(H,15,16). The van der Waals surface area contributed by atoms with Crippen LogP contribution >= 0.6 is 11.6 Å². The minimum absolute atomic E-state index is 0.0711. The van der Waals surface area contributed by atoms with E-state index in [0.29, 0.717) is 0 Å². The van der Waals surface area contributed by atoms with Gasteiger partial charge in [-0.2, -0.15) is 0 Å². The Morgan fingerprint density at radius 3 is 2.83 bits per heavy atom. The normalized spacial score (nSPS) is 11.6. The predicted octanol–water partition coefficient (Wildman–Crippen LogP) is 2.69. The second kappa shape index (κ2) is 6.02. The van der Waals surface area contributed by atoms with Crippen LogP contribution in [0.1, 0.15) is 6.42 Å². The number of hydrogen-bond donors (Lipinski definition) is 2. The molecular formula is C11H11ClN2O4. The van der Waals surface area contributed by atoms with E-state index in [4.69, 9.17) is 16.7 Å². The molecule has 96 valence electrons. The monoisotopic (exact) mass is 270 g/mol. The average Bonchev–Trinajstić information content (AvgIpc) is 2.28. The van der Waals surface area contributed by atoms with Crippen LogP contribution in [0.5, 0.6) is 0 Å². The SMILES string of the molecule is C=CCC(Nc1cc(Cl)ccc1[N+](=O)[O-])C(=O)O. The van der Waals surface area contributed by atoms with Crippen LogP contribution < -0.4 is 5.32 Å². The van der Waals surface area contributed by atoms with Gasteiger partial charge in [-0.15, -0.1) is 6.58 Å². The molecule has 2 N–H and O–H groups in total. The van der Waals surface area contributed by atoms with Gasteiger partial charge in [0.25, 0.3) is 5.69 Å². The van der Waals surface area contributed by atoms with Crippen molar-refractivity contribution in [1.29, 1.82) is 0 Å². The third kappa shape index (κ3) is 3.46. The number of nitro benzene ring substituents is 1. The molecule has 0 spiro atoms. The average molecular weight is 271 g/mol. The van der Waals surface area contributed by atoms with Crippen LogP contribution in [0.15, 0.2) is 30.9 Å². The molecule has 6 nitrogen and oxygen atoms in total. The van der Waals surface area contributed by atoms with Crippen molar-refractivity contribution in [3.8, 4) is 0 Å². The maximum atomic E-state index is 10.9. The summed E-state index contributed by atoms with van der Waals surface area (Å²) < 4.78 is 0. The lowest BCUT2D eigenvalue weighted by atomic mass is 10.2. The summed E-state index contributed by atoms with van der Waals surface area (Å²) in [5.74, 6) is -1.12. The number of hydrogen-bond acceptors (Lipinski definition) is 4. The van der Waals surface area contributed by atoms with Crippen LogP contribution in [0.4, 0.5) is 11.4 Å². The largest absolute Gasteiger partial charge is 0.480 e. The molecule has 18 heavy (non-hydrogen) atoms. The number of benzene rings is 1. The third-order valence-corrected chi connectivity index (χ3v) is 2.42. The zero-order valence-electron chi connectivity index (χ0n) is 9.30. The second-order valence-corrected chi connectivity index (χ2v) is 3.91. The van der Waals surface area contributed by atoms with Crippen LogP contribution in [0.3, 0.4) is 0 Å². The van der Waals surface area contributed by atoms with Crippen molar-refractivity contribution in [2.75, 3.05) is 5.32 Å². The number of halogens is 1. The topological polar surface area (TPSA) is 92.5 Å². The Morgan fingerprint density at radius 1 is 1.67 bits per heavy atom. The Kier molecular flexibility index (Phi) is 4.67. The molecule has 0 bridgehead atoms. The maximum absolute atomic E-state index is 10.9. The molecule has 0 saturated heterocycles. The number of carboxylic acid groups (broad SMARTS) is 1. The van der Waals surface area contributed by atoms with Gasteiger partial charge in [0.1, 0.15) is 11.7 Å². The fourth-order valence-corrected chi connectivity index (χ4v) is 1.53. The van der Waals surface area contributed by atoms with Crippen molar-refractivity contribution in [1.82, 2.24) is 0 Å². The van der Waals surface area contributed by atoms with E-state index in [9.17, 15) is 14.9 Å². The second-order valence-electron chi connectivity index (χ2n) is 3.48. The van der Waals surface area contributed by atoms with Crippen LogP contribution in [-0.2, 0) is 4.79 Å². The van der Waals surface area contributed by atoms with Gasteiger partial charge in [0.05, 0.1) is 4.92 Å². The summed E-state index contributed by atoms with van der Waals surface area (Å²) >= 11 is 5.73. The molecule has 0 heterocycles. The summed E-state index contributed by atoms with van der Waals surface area (Å²) in [4.78, 5) is 21.1. The smallest absolute Gasteiger partial charge is 0.326 e. The zero-order valence-corrected chi connectivity index (χ0v) is 10.1. The van der Waals surface area contributed by atoms with Gasteiger partial charge in [0, 0.05) is 11.1 Å². The third-order valence-electron chi connectivity index (χ3n) is 2.19. The highest BCUT2D eigenvalue weighted by Gasteiger charge is 2.21. The van der Waals surface area contributed by atoms with Crippen LogP contribution in [0, 0.1) is 10.1 Å². The predicted molar refractivity (Wildman–Crippen MR) is 68.0 cm³/mol. The Bertz CT molecular complexity index is 490. The number of anilines is 1. The molecule has 1 atom stereocenters. The van der Waals surface area contributed by atoms with Crippen molar-refractivity contribution in [3.05, 3.63) is 46.0 Å². The summed E-state index contributed by atoms with van der Waals surface area (Å²) in [6, 6.07) is 2.92. The van der Waals surface area contributed by atoms with Crippen LogP contribution in [0.2, 0.25) is 5.02 Å². The summed E-state index contributed by atoms with van der Waals surface area (Å²) in [5.41, 5.74) is -0.156. The number of carbonyl (C=O) groups is 1. The molecule has 1 unspecified atom stereocenters. The van der Waals surface area contributed by atoms with Crippen LogP contribution in [-0.4, -0.2) is 22.0 Å². The molecule has 1 rings (SSSR count). The molecular weight excluding hydrogens is 260 g/mol. The summed E-state index contributed by atoms with van der Waals surface area (Å²) in [5, 5.41) is 22.6. The molecule has 0 fully saturated rings. The molecule has 0 aromatic heterocycles. The molecule has 0 saturated carbocycles. The number of aliphatic carboxylic acids is 1. The van der Waals surface area contributed by atoms with E-state index >= 15 is 0 Å². The summed E-state index contributed by atoms with van der Waals surface area (Å²) in [7, 11) is 0. The van der Waals surface area contributed by atoms with Crippen molar-refractivity contribution < 1.29 is 14.8 Å². The number of carboxylic acids is 1. The fourth-order valence-electron chi connectivity index (χ4n) is 1.36. The molecule has 7 heteroatoms. The maximum Gasteiger partial charge on any atom is 0.326 e. The van der Waals surface area contributed by atoms with Gasteiger partial charge in [-0.25, -0.2) is 4.79 Å². The molecule has 1 aromatic rings. The van der Waals surface area contributed by atoms with Crippen molar-refractivity contribution in [2.45, 2.75) is 12.5 Å². The van der Waals surface area contributed by atoms with E-state index in [1.807, 2.05) is 0 Å². The molecule has 0 amide bonds. The van der Waals surface area contributed by atoms with Gasteiger partial charge < -0.3 is 10.4 Å². The van der Waals surface area contributed by atoms with Crippen LogP contribution in [0.25, 0.3) is 0 Å². The first-order chi connectivity index (χ1) is 8.45. The lowest BCUT2D eigenvalue weighted by molar-refractivity contribution is -0.384. The minimum atomic E-state index is -1.12. The highest BCUT2D eigenvalue weighted by molar-refractivity contribution is 6.31. The first-order valence-corrected chi connectivity index (χ1v) is 5.37. The molecule has 0 radical (unpaired) electrons. The Morgan fingerprint density at radius 2 is 2.33 bits per heavy atom. The highest BCUT2D eigenvalue weighted by atomic mass is 35.5. The van der Waals surface area contributed by atoms with E-state index in [0.717, 1.165) is 0 Å². The quantitative estimate of drug-likeness (QED) is 0.471. The number of nitro groups is 1. The van der Waals surface area contributed by atoms with E-state index < -0.39 is 16.9 Å². The molecule has 0 aliphatic heterocycles. The van der Waals surface area contributed by atoms with E-state index in [1.54, 1.807) is 0 Å². The number of nitrogens with zero attached hydrogens (tertiary/aromatic N) is 1.